The van der Waals surface area contributed by atoms with Crippen LogP contribution in [-0.2, 0) is 0 Å². The van der Waals surface area contributed by atoms with E-state index in [4.69, 9.17) is 0 Å². The molecule has 0 saturated carbocycles. The van der Waals surface area contributed by atoms with Crippen LogP contribution in [0.4, 0.5) is 0 Å². The minimum atomic E-state index is 1.20. The van der Waals surface area contributed by atoms with Crippen molar-refractivity contribution in [1.29, 1.82) is 0 Å². The van der Waals surface area contributed by atoms with Crippen molar-refractivity contribution in [2.45, 2.75) is 0 Å². The van der Waals surface area contributed by atoms with Crippen molar-refractivity contribution in [3.63, 3.8) is 0 Å². The number of nitrogens with zero attached hydrogens (tertiary/aromatic N) is 1. The highest BCUT2D eigenvalue weighted by Gasteiger charge is 2.27. The Balaban J connectivity index is 1.27. The second kappa shape index (κ2) is 9.29. The molecule has 1 heterocycles. The number of para-hydroxylation sites is 2. The van der Waals surface area contributed by atoms with Crippen molar-refractivity contribution < 1.29 is 0 Å². The molecule has 1 aromatic heterocycles. The van der Waals surface area contributed by atoms with Crippen molar-refractivity contribution in [2.75, 3.05) is 0 Å². The summed E-state index contributed by atoms with van der Waals surface area (Å²) in [4.78, 5) is 0. The van der Waals surface area contributed by atoms with E-state index in [1.54, 1.807) is 0 Å². The Hall–Kier alpha value is -5.92. The largest absolute Gasteiger partial charge is 0.309 e. The van der Waals surface area contributed by atoms with Gasteiger partial charge in [0.25, 0.3) is 0 Å². The molecule has 1 aliphatic rings. The van der Waals surface area contributed by atoms with Gasteiger partial charge in [-0.2, -0.15) is 0 Å². The van der Waals surface area contributed by atoms with Gasteiger partial charge in [-0.3, -0.25) is 0 Å². The maximum atomic E-state index is 2.46. The lowest BCUT2D eigenvalue weighted by Gasteiger charge is -2.28. The molecule has 0 unspecified atom stereocenters. The third-order valence-electron chi connectivity index (χ3n) is 9.71. The van der Waals surface area contributed by atoms with Gasteiger partial charge in [0.15, 0.2) is 0 Å². The second-order valence-corrected chi connectivity index (χ2v) is 12.1. The van der Waals surface area contributed by atoms with Crippen LogP contribution in [0, 0.1) is 0 Å². The van der Waals surface area contributed by atoms with E-state index < -0.39 is 0 Å². The van der Waals surface area contributed by atoms with Crippen LogP contribution in [0.2, 0.25) is 0 Å². The fraction of sp³-hybridized carbons (Fsp3) is 0. The molecule has 9 aromatic rings. The molecule has 0 saturated heterocycles. The molecule has 0 spiro atoms. The first kappa shape index (κ1) is 24.5. The summed E-state index contributed by atoms with van der Waals surface area (Å²) >= 11 is 0. The van der Waals surface area contributed by atoms with E-state index in [1.807, 2.05) is 0 Å². The van der Waals surface area contributed by atoms with Crippen molar-refractivity contribution in [3.05, 3.63) is 164 Å². The molecule has 208 valence electrons. The first-order valence-corrected chi connectivity index (χ1v) is 15.6. The van der Waals surface area contributed by atoms with Gasteiger partial charge in [-0.15, -0.1) is 0 Å². The Morgan fingerprint density at radius 2 is 0.711 bits per heavy atom. The Bertz CT molecular complexity index is 2570. The molecule has 0 radical (unpaired) electrons. The molecule has 10 rings (SSSR count). The van der Waals surface area contributed by atoms with Crippen molar-refractivity contribution in [1.82, 2.24) is 4.57 Å². The fourth-order valence-corrected chi connectivity index (χ4v) is 7.77. The molecule has 45 heavy (non-hydrogen) atoms. The van der Waals surface area contributed by atoms with E-state index in [2.05, 4.69) is 168 Å². The molecular formula is C44H27N. The van der Waals surface area contributed by atoms with Gasteiger partial charge in [0.1, 0.15) is 0 Å². The molecule has 1 aliphatic carbocycles. The average molecular weight is 570 g/mol. The maximum Gasteiger partial charge on any atom is 0.0541 e. The molecule has 0 atom stereocenters. The van der Waals surface area contributed by atoms with Gasteiger partial charge in [0.2, 0.25) is 0 Å². The Morgan fingerprint density at radius 1 is 0.289 bits per heavy atom. The number of fused-ring (bicyclic) bond motifs is 9. The van der Waals surface area contributed by atoms with Crippen LogP contribution in [-0.4, -0.2) is 4.57 Å². The molecular weight excluding hydrogens is 542 g/mol. The lowest BCUT2D eigenvalue weighted by Crippen LogP contribution is -2.03. The van der Waals surface area contributed by atoms with Crippen LogP contribution < -0.4 is 0 Å². The summed E-state index contributed by atoms with van der Waals surface area (Å²) in [5, 5.41) is 7.75. The topological polar surface area (TPSA) is 4.93 Å². The third-order valence-corrected chi connectivity index (χ3v) is 9.71. The van der Waals surface area contributed by atoms with Crippen LogP contribution in [0.15, 0.2) is 164 Å². The summed E-state index contributed by atoms with van der Waals surface area (Å²) < 4.78 is 2.42. The minimum absolute atomic E-state index is 1.20. The van der Waals surface area contributed by atoms with Gasteiger partial charge >= 0.3 is 0 Å². The number of hydrogen-bond donors (Lipinski definition) is 0. The zero-order chi connectivity index (χ0) is 29.5. The highest BCUT2D eigenvalue weighted by atomic mass is 15.0. The van der Waals surface area contributed by atoms with Crippen molar-refractivity contribution in [2.24, 2.45) is 0 Å². The standard InChI is InChI=1S/C44H27N/c1-3-13-28(14-4-1)43-34-19-7-8-20-35(34)44(29-15-5-2-6-16-29)40-27-38-36-25-30(23-24-31(36)37(38)26-39(40)43)45-41-21-11-9-17-32(41)33-18-10-12-22-42(33)45/h1-27H. The second-order valence-electron chi connectivity index (χ2n) is 12.1. The first-order valence-electron chi connectivity index (χ1n) is 15.6. The fourth-order valence-electron chi connectivity index (χ4n) is 7.77. The van der Waals surface area contributed by atoms with Crippen molar-refractivity contribution >= 4 is 43.4 Å². The van der Waals surface area contributed by atoms with E-state index >= 15 is 0 Å². The van der Waals surface area contributed by atoms with Crippen LogP contribution in [0.5, 0.6) is 0 Å². The minimum Gasteiger partial charge on any atom is -0.309 e. The van der Waals surface area contributed by atoms with E-state index in [9.17, 15) is 0 Å². The summed E-state index contributed by atoms with van der Waals surface area (Å²) in [6.45, 7) is 0. The Kier molecular flexibility index (Phi) is 5.06. The van der Waals surface area contributed by atoms with Crippen LogP contribution in [0.1, 0.15) is 0 Å². The summed E-state index contributed by atoms with van der Waals surface area (Å²) in [6.07, 6.45) is 0. The Morgan fingerprint density at radius 3 is 1.24 bits per heavy atom. The number of benzene rings is 8. The zero-order valence-electron chi connectivity index (χ0n) is 24.5. The van der Waals surface area contributed by atoms with Gasteiger partial charge < -0.3 is 4.57 Å². The normalized spacial score (nSPS) is 12.0. The molecule has 0 amide bonds. The average Bonchev–Trinajstić information content (AvgIpc) is 3.44. The van der Waals surface area contributed by atoms with Gasteiger partial charge in [-0.1, -0.05) is 127 Å². The lowest BCUT2D eigenvalue weighted by atomic mass is 9.76. The SMILES string of the molecule is c1ccc(-c2c3ccccc3c(-c3ccccc3)c3cc4c(cc23)-c2ccc(-n3c5ccccc5c5ccccc53)cc2-4)cc1. The molecule has 1 heteroatoms. The maximum absolute atomic E-state index is 2.46. The van der Waals surface area contributed by atoms with Crippen LogP contribution >= 0.6 is 0 Å². The zero-order valence-corrected chi connectivity index (χ0v) is 24.5. The smallest absolute Gasteiger partial charge is 0.0541 e. The lowest BCUT2D eigenvalue weighted by molar-refractivity contribution is 1.18. The number of rotatable bonds is 3. The van der Waals surface area contributed by atoms with Crippen LogP contribution in [0.3, 0.4) is 0 Å². The highest BCUT2D eigenvalue weighted by molar-refractivity contribution is 6.24. The summed E-state index contributed by atoms with van der Waals surface area (Å²) in [5.74, 6) is 0. The summed E-state index contributed by atoms with van der Waals surface area (Å²) in [5.41, 5.74) is 14.1. The quantitative estimate of drug-likeness (QED) is 0.187. The molecule has 0 N–H and O–H groups in total. The number of aromatic nitrogens is 1. The predicted octanol–water partition coefficient (Wildman–Crippen LogP) is 12.1. The molecule has 8 aromatic carbocycles. The van der Waals surface area contributed by atoms with Gasteiger partial charge in [-0.25, -0.2) is 0 Å². The molecule has 0 fully saturated rings. The Labute approximate surface area is 261 Å². The van der Waals surface area contributed by atoms with E-state index in [1.165, 1.54) is 93.5 Å². The highest BCUT2D eigenvalue weighted by Crippen LogP contribution is 2.53. The monoisotopic (exact) mass is 569 g/mol. The summed E-state index contributed by atoms with van der Waals surface area (Å²) in [7, 11) is 0. The van der Waals surface area contributed by atoms with Crippen molar-refractivity contribution in [3.8, 4) is 50.2 Å². The first-order chi connectivity index (χ1) is 22.3. The summed E-state index contributed by atoms with van der Waals surface area (Å²) in [6, 6.07) is 60.1. The molecule has 0 aliphatic heterocycles. The third kappa shape index (κ3) is 3.44. The van der Waals surface area contributed by atoms with E-state index in [-0.39, 0.29) is 0 Å². The van der Waals surface area contributed by atoms with Gasteiger partial charge in [0, 0.05) is 16.5 Å². The number of hydrogen-bond acceptors (Lipinski definition) is 0. The predicted molar refractivity (Wildman–Crippen MR) is 191 cm³/mol. The van der Waals surface area contributed by atoms with Gasteiger partial charge in [-0.05, 0) is 102 Å². The van der Waals surface area contributed by atoms with E-state index in [0.29, 0.717) is 0 Å². The van der Waals surface area contributed by atoms with Gasteiger partial charge in [0.05, 0.1) is 11.0 Å². The molecule has 1 nitrogen and oxygen atoms in total. The molecule has 0 bridgehead atoms. The van der Waals surface area contributed by atoms with E-state index in [0.717, 1.165) is 0 Å². The van der Waals surface area contributed by atoms with Crippen LogP contribution in [0.25, 0.3) is 93.5 Å².